The van der Waals surface area contributed by atoms with Gasteiger partial charge in [0.25, 0.3) is 0 Å². The number of thiazole rings is 1. The van der Waals surface area contributed by atoms with E-state index in [2.05, 4.69) is 10.3 Å². The lowest BCUT2D eigenvalue weighted by Crippen LogP contribution is -2.45. The first kappa shape index (κ1) is 22.9. The monoisotopic (exact) mass is 480 g/mol. The Morgan fingerprint density at radius 2 is 2.00 bits per heavy atom. The van der Waals surface area contributed by atoms with E-state index in [0.717, 1.165) is 36.3 Å². The average Bonchev–Trinajstić information content (AvgIpc) is 3.32. The fourth-order valence-electron chi connectivity index (χ4n) is 4.72. The first-order valence-electron chi connectivity index (χ1n) is 12.0. The quantitative estimate of drug-likeness (QED) is 0.505. The minimum Gasteiger partial charge on any atom is -0.368 e. The molecule has 1 aliphatic carbocycles. The Kier molecular flexibility index (Phi) is 7.16. The van der Waals surface area contributed by atoms with Gasteiger partial charge in [0.1, 0.15) is 17.7 Å². The van der Waals surface area contributed by atoms with E-state index in [4.69, 9.17) is 9.72 Å². The molecule has 1 amide bonds. The zero-order chi connectivity index (χ0) is 23.3. The molecule has 1 unspecified atom stereocenters. The van der Waals surface area contributed by atoms with E-state index in [1.807, 2.05) is 29.2 Å². The number of anilines is 2. The number of carbonyl (C=O) groups is 1. The van der Waals surface area contributed by atoms with E-state index in [1.165, 1.54) is 23.8 Å². The van der Waals surface area contributed by atoms with Gasteiger partial charge in [0.2, 0.25) is 5.91 Å². The third-order valence-corrected chi connectivity index (χ3v) is 7.46. The molecule has 1 saturated heterocycles. The fourth-order valence-corrected chi connectivity index (χ4v) is 5.57. The van der Waals surface area contributed by atoms with Crippen molar-refractivity contribution < 1.29 is 13.9 Å². The third kappa shape index (κ3) is 5.45. The normalized spacial score (nSPS) is 19.2. The lowest BCUT2D eigenvalue weighted by atomic mass is 9.88. The van der Waals surface area contributed by atoms with Crippen molar-refractivity contribution in [2.75, 3.05) is 25.0 Å². The summed E-state index contributed by atoms with van der Waals surface area (Å²) in [6.45, 7) is 1.71. The van der Waals surface area contributed by atoms with Gasteiger partial charge in [-0.1, -0.05) is 43.5 Å². The van der Waals surface area contributed by atoms with Gasteiger partial charge in [-0.25, -0.2) is 14.4 Å². The Morgan fingerprint density at radius 3 is 2.85 bits per heavy atom. The van der Waals surface area contributed by atoms with Crippen LogP contribution in [0.1, 0.15) is 54.3 Å². The minimum atomic E-state index is -0.240. The van der Waals surface area contributed by atoms with Crippen LogP contribution in [0.4, 0.5) is 15.3 Å². The number of hydrogen-bond donors (Lipinski definition) is 1. The lowest BCUT2D eigenvalue weighted by molar-refractivity contribution is -0.144. The van der Waals surface area contributed by atoms with Crippen LogP contribution in [0.2, 0.25) is 0 Å². The highest BCUT2D eigenvalue weighted by molar-refractivity contribution is 7.15. The number of aromatic nitrogens is 2. The van der Waals surface area contributed by atoms with Crippen LogP contribution in [0, 0.1) is 11.7 Å². The molecular weight excluding hydrogens is 451 g/mol. The van der Waals surface area contributed by atoms with Gasteiger partial charge in [-0.05, 0) is 36.6 Å². The molecule has 0 radical (unpaired) electrons. The van der Waals surface area contributed by atoms with E-state index >= 15 is 0 Å². The number of nitrogens with zero attached hydrogens (tertiary/aromatic N) is 3. The zero-order valence-corrected chi connectivity index (χ0v) is 19.9. The molecular formula is C26H29FN4O2S. The number of morpholine rings is 1. The third-order valence-electron chi connectivity index (χ3n) is 6.54. The van der Waals surface area contributed by atoms with E-state index in [-0.39, 0.29) is 23.7 Å². The molecule has 1 saturated carbocycles. The molecule has 5 rings (SSSR count). The smallest absolute Gasteiger partial charge is 0.225 e. The van der Waals surface area contributed by atoms with Crippen molar-refractivity contribution in [2.45, 2.75) is 44.6 Å². The molecule has 6 nitrogen and oxygen atoms in total. The summed E-state index contributed by atoms with van der Waals surface area (Å²) in [5, 5.41) is 3.96. The maximum Gasteiger partial charge on any atom is 0.225 e. The number of amides is 1. The molecule has 1 atom stereocenters. The van der Waals surface area contributed by atoms with Crippen molar-refractivity contribution in [1.82, 2.24) is 14.9 Å². The van der Waals surface area contributed by atoms with Crippen LogP contribution in [0.25, 0.3) is 0 Å². The van der Waals surface area contributed by atoms with Gasteiger partial charge in [0, 0.05) is 30.0 Å². The van der Waals surface area contributed by atoms with Crippen LogP contribution >= 0.6 is 11.3 Å². The molecule has 0 spiro atoms. The molecule has 1 N–H and O–H groups in total. The van der Waals surface area contributed by atoms with Gasteiger partial charge in [-0.2, -0.15) is 0 Å². The Bertz CT molecular complexity index is 1130. The second-order valence-electron chi connectivity index (χ2n) is 8.95. The first-order chi connectivity index (χ1) is 16.7. The topological polar surface area (TPSA) is 67.3 Å². The molecule has 178 valence electrons. The number of rotatable bonds is 6. The summed E-state index contributed by atoms with van der Waals surface area (Å²) in [7, 11) is 0. The number of pyridine rings is 1. The molecule has 0 bridgehead atoms. The second-order valence-corrected chi connectivity index (χ2v) is 10.1. The minimum absolute atomic E-state index is 0.164. The van der Waals surface area contributed by atoms with Crippen molar-refractivity contribution in [1.29, 1.82) is 0 Å². The van der Waals surface area contributed by atoms with Crippen molar-refractivity contribution in [3.8, 4) is 0 Å². The Hall–Kier alpha value is -2.84. The molecule has 2 aliphatic rings. The van der Waals surface area contributed by atoms with Crippen LogP contribution in [0.5, 0.6) is 0 Å². The van der Waals surface area contributed by atoms with Crippen LogP contribution in [-0.4, -0.2) is 40.5 Å². The maximum absolute atomic E-state index is 14.0. The highest BCUT2D eigenvalue weighted by atomic mass is 32.1. The highest BCUT2D eigenvalue weighted by Gasteiger charge is 2.31. The van der Waals surface area contributed by atoms with E-state index in [9.17, 15) is 9.18 Å². The van der Waals surface area contributed by atoms with Gasteiger partial charge >= 0.3 is 0 Å². The predicted octanol–water partition coefficient (Wildman–Crippen LogP) is 5.49. The highest BCUT2D eigenvalue weighted by Crippen LogP contribution is 2.29. The van der Waals surface area contributed by atoms with Crippen LogP contribution < -0.4 is 5.32 Å². The van der Waals surface area contributed by atoms with Gasteiger partial charge in [0.05, 0.1) is 18.8 Å². The number of hydrogen-bond acceptors (Lipinski definition) is 6. The van der Waals surface area contributed by atoms with E-state index in [1.54, 1.807) is 18.3 Å². The van der Waals surface area contributed by atoms with Gasteiger partial charge in [-0.3, -0.25) is 4.79 Å². The van der Waals surface area contributed by atoms with Crippen molar-refractivity contribution >= 4 is 28.2 Å². The van der Waals surface area contributed by atoms with Gasteiger partial charge in [0.15, 0.2) is 5.13 Å². The number of halogens is 1. The van der Waals surface area contributed by atoms with E-state index in [0.29, 0.717) is 42.6 Å². The number of carbonyl (C=O) groups excluding carboxylic acids is 1. The van der Waals surface area contributed by atoms with Crippen molar-refractivity contribution in [3.05, 3.63) is 70.6 Å². The van der Waals surface area contributed by atoms with Crippen LogP contribution in [0.15, 0.2) is 48.7 Å². The van der Waals surface area contributed by atoms with Gasteiger partial charge < -0.3 is 15.0 Å². The number of nitrogens with one attached hydrogen (secondary N) is 1. The average molecular weight is 481 g/mol. The molecule has 2 fully saturated rings. The number of ether oxygens (including phenoxy) is 1. The molecule has 8 heteroatoms. The SMILES string of the molecule is O=C(C1CCCCC1)N1CCOC(c2cccc(Nc3ncc(Cc4ccccc4F)s3)n2)C1. The Labute approximate surface area is 203 Å². The fraction of sp³-hybridized carbons (Fsp3) is 0.423. The summed E-state index contributed by atoms with van der Waals surface area (Å²) in [5.74, 6) is 0.899. The van der Waals surface area contributed by atoms with Crippen molar-refractivity contribution in [2.24, 2.45) is 5.92 Å². The second kappa shape index (κ2) is 10.6. The largest absolute Gasteiger partial charge is 0.368 e. The van der Waals surface area contributed by atoms with Crippen LogP contribution in [0.3, 0.4) is 0 Å². The summed E-state index contributed by atoms with van der Waals surface area (Å²) >= 11 is 1.48. The molecule has 3 aromatic rings. The predicted molar refractivity (Wildman–Crippen MR) is 131 cm³/mol. The summed E-state index contributed by atoms with van der Waals surface area (Å²) in [5.41, 5.74) is 1.45. The zero-order valence-electron chi connectivity index (χ0n) is 19.1. The summed E-state index contributed by atoms with van der Waals surface area (Å²) < 4.78 is 19.9. The van der Waals surface area contributed by atoms with Gasteiger partial charge in [-0.15, -0.1) is 11.3 Å². The van der Waals surface area contributed by atoms with E-state index < -0.39 is 0 Å². The summed E-state index contributed by atoms with van der Waals surface area (Å²) in [6, 6.07) is 12.6. The Balaban J connectivity index is 1.23. The summed E-state index contributed by atoms with van der Waals surface area (Å²) in [4.78, 5) is 25.1. The molecule has 2 aromatic heterocycles. The molecule has 3 heterocycles. The molecule has 1 aromatic carbocycles. The number of benzene rings is 1. The molecule has 34 heavy (non-hydrogen) atoms. The first-order valence-corrected chi connectivity index (χ1v) is 12.8. The van der Waals surface area contributed by atoms with Crippen molar-refractivity contribution in [3.63, 3.8) is 0 Å². The standard InChI is InChI=1S/C26H29FN4O2S/c27-21-10-5-4-9-19(21)15-20-16-28-26(34-20)30-24-12-6-11-22(29-24)23-17-31(13-14-33-23)25(32)18-7-2-1-3-8-18/h4-6,9-12,16,18,23H,1-3,7-8,13-15,17H2,(H,28,29,30). The molecule has 1 aliphatic heterocycles. The Morgan fingerprint density at radius 1 is 1.15 bits per heavy atom. The summed E-state index contributed by atoms with van der Waals surface area (Å²) in [6.07, 6.45) is 7.58. The van der Waals surface area contributed by atoms with Crippen LogP contribution in [-0.2, 0) is 16.0 Å². The lowest BCUT2D eigenvalue weighted by Gasteiger charge is -2.35. The maximum atomic E-state index is 14.0.